The second-order valence-corrected chi connectivity index (χ2v) is 4.32. The molecule has 1 rings (SSSR count). The Morgan fingerprint density at radius 3 is 2.81 bits per heavy atom. The van der Waals surface area contributed by atoms with Crippen LogP contribution >= 0.6 is 0 Å². The van der Waals surface area contributed by atoms with Gasteiger partial charge in [0.05, 0.1) is 13.0 Å². The third kappa shape index (κ3) is 4.82. The van der Waals surface area contributed by atoms with Crippen molar-refractivity contribution in [2.45, 2.75) is 26.7 Å². The minimum atomic E-state index is -0.189. The van der Waals surface area contributed by atoms with E-state index in [1.54, 1.807) is 12.1 Å². The van der Waals surface area contributed by atoms with E-state index in [1.807, 2.05) is 12.1 Å². The summed E-state index contributed by atoms with van der Waals surface area (Å²) < 4.78 is 5.12. The molecule has 2 N–H and O–H groups in total. The van der Waals surface area contributed by atoms with Gasteiger partial charge in [0.25, 0.3) is 0 Å². The first-order valence-electron chi connectivity index (χ1n) is 5.58. The van der Waals surface area contributed by atoms with Gasteiger partial charge in [-0.25, -0.2) is 0 Å². The van der Waals surface area contributed by atoms with E-state index in [-0.39, 0.29) is 5.97 Å². The molecule has 0 unspecified atom stereocenters. The summed E-state index contributed by atoms with van der Waals surface area (Å²) >= 11 is 0. The van der Waals surface area contributed by atoms with E-state index in [1.165, 1.54) is 0 Å². The summed E-state index contributed by atoms with van der Waals surface area (Å²) in [5.74, 6) is 0.367. The van der Waals surface area contributed by atoms with E-state index in [0.717, 1.165) is 12.0 Å². The van der Waals surface area contributed by atoms with Crippen LogP contribution < -0.4 is 5.73 Å². The molecular weight excluding hydrogens is 202 g/mol. The van der Waals surface area contributed by atoms with Crippen LogP contribution in [0.4, 0.5) is 5.69 Å². The van der Waals surface area contributed by atoms with Crippen molar-refractivity contribution in [1.29, 1.82) is 0 Å². The molecule has 0 fully saturated rings. The molecular formula is C13H19NO2. The normalized spacial score (nSPS) is 10.4. The van der Waals surface area contributed by atoms with Gasteiger partial charge in [0.15, 0.2) is 0 Å². The molecule has 0 bridgehead atoms. The van der Waals surface area contributed by atoms with E-state index in [2.05, 4.69) is 13.8 Å². The summed E-state index contributed by atoms with van der Waals surface area (Å²) in [7, 11) is 0. The maximum Gasteiger partial charge on any atom is 0.310 e. The maximum atomic E-state index is 11.4. The van der Waals surface area contributed by atoms with Crippen LogP contribution in [-0.2, 0) is 16.0 Å². The minimum Gasteiger partial charge on any atom is -0.465 e. The SMILES string of the molecule is CC(C)CCOC(=O)Cc1cccc(N)c1. The van der Waals surface area contributed by atoms with Gasteiger partial charge in [-0.15, -0.1) is 0 Å². The van der Waals surface area contributed by atoms with Crippen molar-refractivity contribution >= 4 is 11.7 Å². The number of carbonyl (C=O) groups is 1. The van der Waals surface area contributed by atoms with Crippen LogP contribution in [0.2, 0.25) is 0 Å². The van der Waals surface area contributed by atoms with Crippen molar-refractivity contribution in [3.05, 3.63) is 29.8 Å². The number of nitrogen functional groups attached to an aromatic ring is 1. The van der Waals surface area contributed by atoms with Crippen LogP contribution in [0.1, 0.15) is 25.8 Å². The van der Waals surface area contributed by atoms with Crippen LogP contribution in [0.15, 0.2) is 24.3 Å². The predicted molar refractivity (Wildman–Crippen MR) is 65.0 cm³/mol. The zero-order chi connectivity index (χ0) is 12.0. The Morgan fingerprint density at radius 1 is 1.44 bits per heavy atom. The van der Waals surface area contributed by atoms with Gasteiger partial charge in [-0.1, -0.05) is 26.0 Å². The first kappa shape index (κ1) is 12.6. The summed E-state index contributed by atoms with van der Waals surface area (Å²) in [5, 5.41) is 0. The summed E-state index contributed by atoms with van der Waals surface area (Å²) in [6.07, 6.45) is 1.20. The van der Waals surface area contributed by atoms with Gasteiger partial charge in [-0.3, -0.25) is 4.79 Å². The topological polar surface area (TPSA) is 52.3 Å². The summed E-state index contributed by atoms with van der Waals surface area (Å²) in [4.78, 5) is 11.4. The largest absolute Gasteiger partial charge is 0.465 e. The number of benzene rings is 1. The molecule has 0 atom stereocenters. The fourth-order valence-electron chi connectivity index (χ4n) is 1.33. The molecule has 0 heterocycles. The number of rotatable bonds is 5. The third-order valence-electron chi connectivity index (χ3n) is 2.26. The second kappa shape index (κ2) is 6.16. The van der Waals surface area contributed by atoms with Gasteiger partial charge in [-0.05, 0) is 30.0 Å². The quantitative estimate of drug-likeness (QED) is 0.613. The van der Waals surface area contributed by atoms with Gasteiger partial charge in [0.2, 0.25) is 0 Å². The average molecular weight is 221 g/mol. The molecule has 88 valence electrons. The summed E-state index contributed by atoms with van der Waals surface area (Å²) in [6.45, 7) is 4.70. The van der Waals surface area contributed by atoms with Crippen molar-refractivity contribution in [2.75, 3.05) is 12.3 Å². The fourth-order valence-corrected chi connectivity index (χ4v) is 1.33. The predicted octanol–water partition coefficient (Wildman–Crippen LogP) is 2.40. The van der Waals surface area contributed by atoms with Crippen molar-refractivity contribution < 1.29 is 9.53 Å². The molecule has 0 radical (unpaired) electrons. The van der Waals surface area contributed by atoms with E-state index in [0.29, 0.717) is 24.6 Å². The molecule has 0 aliphatic heterocycles. The zero-order valence-corrected chi connectivity index (χ0v) is 9.90. The number of anilines is 1. The molecule has 1 aromatic carbocycles. The van der Waals surface area contributed by atoms with Gasteiger partial charge in [-0.2, -0.15) is 0 Å². The lowest BCUT2D eigenvalue weighted by Gasteiger charge is -2.07. The Morgan fingerprint density at radius 2 is 2.19 bits per heavy atom. The van der Waals surface area contributed by atoms with Gasteiger partial charge in [0.1, 0.15) is 0 Å². The van der Waals surface area contributed by atoms with Crippen LogP contribution in [0.3, 0.4) is 0 Å². The highest BCUT2D eigenvalue weighted by Crippen LogP contribution is 2.08. The standard InChI is InChI=1S/C13H19NO2/c1-10(2)6-7-16-13(15)9-11-4-3-5-12(14)8-11/h3-5,8,10H,6-7,9,14H2,1-2H3. The Hall–Kier alpha value is -1.51. The molecule has 0 spiro atoms. The highest BCUT2D eigenvalue weighted by Gasteiger charge is 2.05. The van der Waals surface area contributed by atoms with Crippen molar-refractivity contribution in [2.24, 2.45) is 5.92 Å². The molecule has 3 nitrogen and oxygen atoms in total. The van der Waals surface area contributed by atoms with E-state index < -0.39 is 0 Å². The molecule has 0 aromatic heterocycles. The van der Waals surface area contributed by atoms with E-state index in [4.69, 9.17) is 10.5 Å². The molecule has 0 saturated heterocycles. The summed E-state index contributed by atoms with van der Waals surface area (Å²) in [5.41, 5.74) is 7.19. The Bertz CT molecular complexity index is 348. The molecule has 0 amide bonds. The van der Waals surface area contributed by atoms with Crippen molar-refractivity contribution in [3.63, 3.8) is 0 Å². The average Bonchev–Trinajstić information content (AvgIpc) is 2.16. The Labute approximate surface area is 96.6 Å². The lowest BCUT2D eigenvalue weighted by atomic mass is 10.1. The van der Waals surface area contributed by atoms with Crippen LogP contribution in [0.5, 0.6) is 0 Å². The lowest BCUT2D eigenvalue weighted by molar-refractivity contribution is -0.143. The van der Waals surface area contributed by atoms with Gasteiger partial charge < -0.3 is 10.5 Å². The van der Waals surface area contributed by atoms with E-state index in [9.17, 15) is 4.79 Å². The number of ether oxygens (including phenoxy) is 1. The monoisotopic (exact) mass is 221 g/mol. The van der Waals surface area contributed by atoms with Crippen molar-refractivity contribution in [3.8, 4) is 0 Å². The lowest BCUT2D eigenvalue weighted by Crippen LogP contribution is -2.10. The first-order valence-corrected chi connectivity index (χ1v) is 5.58. The highest BCUT2D eigenvalue weighted by atomic mass is 16.5. The molecule has 16 heavy (non-hydrogen) atoms. The number of carbonyl (C=O) groups excluding carboxylic acids is 1. The van der Waals surface area contributed by atoms with Gasteiger partial charge >= 0.3 is 5.97 Å². The Balaban J connectivity index is 2.34. The molecule has 0 saturated carbocycles. The molecule has 3 heteroatoms. The highest BCUT2D eigenvalue weighted by molar-refractivity contribution is 5.72. The number of hydrogen-bond donors (Lipinski definition) is 1. The first-order chi connectivity index (χ1) is 7.58. The van der Waals surface area contributed by atoms with Gasteiger partial charge in [0, 0.05) is 5.69 Å². The third-order valence-corrected chi connectivity index (χ3v) is 2.26. The number of esters is 1. The zero-order valence-electron chi connectivity index (χ0n) is 9.90. The van der Waals surface area contributed by atoms with E-state index >= 15 is 0 Å². The van der Waals surface area contributed by atoms with Crippen LogP contribution in [0, 0.1) is 5.92 Å². The minimum absolute atomic E-state index is 0.189. The van der Waals surface area contributed by atoms with Crippen LogP contribution in [-0.4, -0.2) is 12.6 Å². The van der Waals surface area contributed by atoms with Crippen LogP contribution in [0.25, 0.3) is 0 Å². The fraction of sp³-hybridized carbons (Fsp3) is 0.462. The molecule has 0 aliphatic carbocycles. The smallest absolute Gasteiger partial charge is 0.310 e. The summed E-state index contributed by atoms with van der Waals surface area (Å²) in [6, 6.07) is 7.31. The molecule has 1 aromatic rings. The second-order valence-electron chi connectivity index (χ2n) is 4.32. The Kier molecular flexibility index (Phi) is 4.83. The van der Waals surface area contributed by atoms with Crippen molar-refractivity contribution in [1.82, 2.24) is 0 Å². The maximum absolute atomic E-state index is 11.4. The number of hydrogen-bond acceptors (Lipinski definition) is 3. The number of nitrogens with two attached hydrogens (primary N) is 1. The molecule has 0 aliphatic rings.